The smallest absolute Gasteiger partial charge is 0.416 e. The molecule has 1 saturated carbocycles. The fourth-order valence-corrected chi connectivity index (χ4v) is 3.76. The minimum atomic E-state index is -4.37. The number of sulfonamides is 1. The van der Waals surface area contributed by atoms with Crippen molar-refractivity contribution in [1.82, 2.24) is 4.72 Å². The molecule has 1 aliphatic carbocycles. The van der Waals surface area contributed by atoms with E-state index in [0.29, 0.717) is 5.75 Å². The minimum Gasteiger partial charge on any atom is -0.493 e. The summed E-state index contributed by atoms with van der Waals surface area (Å²) in [6.45, 7) is 1.86. The molecule has 0 bridgehead atoms. The number of hydrogen-bond donors (Lipinski definition) is 1. The lowest BCUT2D eigenvalue weighted by Crippen LogP contribution is -2.44. The predicted molar refractivity (Wildman–Crippen MR) is 85.3 cm³/mol. The van der Waals surface area contributed by atoms with Crippen molar-refractivity contribution in [3.63, 3.8) is 0 Å². The van der Waals surface area contributed by atoms with E-state index in [1.54, 1.807) is 6.92 Å². The molecule has 8 heteroatoms. The van der Waals surface area contributed by atoms with Gasteiger partial charge in [0.1, 0.15) is 5.75 Å². The van der Waals surface area contributed by atoms with E-state index >= 15 is 0 Å². The van der Waals surface area contributed by atoms with Gasteiger partial charge in [0.05, 0.1) is 17.9 Å². The molecular weight excluding hydrogens is 343 g/mol. The molecule has 0 saturated heterocycles. The first kappa shape index (κ1) is 19.1. The standard InChI is InChI=1S/C16H22F3NO3S/c1-2-24(21,22)20-15-6-4-3-5-12(15)11-23-14-9-7-13(8-10-14)16(17,18)19/h7-10,12,15,20H,2-6,11H2,1H3. The van der Waals surface area contributed by atoms with E-state index in [2.05, 4.69) is 4.72 Å². The lowest BCUT2D eigenvalue weighted by molar-refractivity contribution is -0.137. The topological polar surface area (TPSA) is 55.4 Å². The normalized spacial score (nSPS) is 22.3. The van der Waals surface area contributed by atoms with Crippen molar-refractivity contribution in [2.24, 2.45) is 5.92 Å². The van der Waals surface area contributed by atoms with Crippen LogP contribution in [0.15, 0.2) is 24.3 Å². The summed E-state index contributed by atoms with van der Waals surface area (Å²) < 4.78 is 69.4. The van der Waals surface area contributed by atoms with Gasteiger partial charge >= 0.3 is 6.18 Å². The first-order valence-corrected chi connectivity index (χ1v) is 9.66. The second kappa shape index (κ2) is 7.74. The van der Waals surface area contributed by atoms with Crippen LogP contribution in [0.2, 0.25) is 0 Å². The number of hydrogen-bond acceptors (Lipinski definition) is 3. The molecule has 0 aromatic heterocycles. The summed E-state index contributed by atoms with van der Waals surface area (Å²) in [6, 6.07) is 4.35. The Labute approximate surface area is 140 Å². The van der Waals surface area contributed by atoms with Crippen molar-refractivity contribution in [3.8, 4) is 5.75 Å². The zero-order chi connectivity index (χ0) is 17.8. The van der Waals surface area contributed by atoms with E-state index in [1.165, 1.54) is 12.1 Å². The van der Waals surface area contributed by atoms with Gasteiger partial charge in [-0.15, -0.1) is 0 Å². The molecule has 4 nitrogen and oxygen atoms in total. The Hall–Kier alpha value is -1.28. The van der Waals surface area contributed by atoms with Crippen LogP contribution in [0.3, 0.4) is 0 Å². The van der Waals surface area contributed by atoms with Crippen molar-refractivity contribution < 1.29 is 26.3 Å². The number of halogens is 3. The van der Waals surface area contributed by atoms with Crippen molar-refractivity contribution in [2.45, 2.75) is 44.8 Å². The van der Waals surface area contributed by atoms with E-state index in [1.807, 2.05) is 0 Å². The van der Waals surface area contributed by atoms with Gasteiger partial charge < -0.3 is 4.74 Å². The Kier molecular flexibility index (Phi) is 6.14. The Morgan fingerprint density at radius 2 is 1.79 bits per heavy atom. The van der Waals surface area contributed by atoms with Gasteiger partial charge in [0.2, 0.25) is 10.0 Å². The Morgan fingerprint density at radius 1 is 1.17 bits per heavy atom. The number of alkyl halides is 3. The lowest BCUT2D eigenvalue weighted by Gasteiger charge is -2.31. The summed E-state index contributed by atoms with van der Waals surface area (Å²) >= 11 is 0. The summed E-state index contributed by atoms with van der Waals surface area (Å²) in [5.41, 5.74) is -0.721. The highest BCUT2D eigenvalue weighted by molar-refractivity contribution is 7.89. The molecule has 2 rings (SSSR count). The zero-order valence-electron chi connectivity index (χ0n) is 13.5. The highest BCUT2D eigenvalue weighted by atomic mass is 32.2. The molecule has 136 valence electrons. The molecular formula is C16H22F3NO3S. The third-order valence-electron chi connectivity index (χ3n) is 4.27. The molecule has 1 aromatic rings. The fourth-order valence-electron chi connectivity index (χ4n) is 2.82. The van der Waals surface area contributed by atoms with Crippen LogP contribution in [-0.2, 0) is 16.2 Å². The molecule has 0 heterocycles. The van der Waals surface area contributed by atoms with Crippen LogP contribution in [-0.4, -0.2) is 26.8 Å². The van der Waals surface area contributed by atoms with Crippen LogP contribution in [0.4, 0.5) is 13.2 Å². The quantitative estimate of drug-likeness (QED) is 0.838. The van der Waals surface area contributed by atoms with E-state index in [9.17, 15) is 21.6 Å². The average Bonchev–Trinajstić information content (AvgIpc) is 2.53. The molecule has 2 atom stereocenters. The molecule has 0 spiro atoms. The van der Waals surface area contributed by atoms with Crippen LogP contribution in [0, 0.1) is 5.92 Å². The summed E-state index contributed by atoms with van der Waals surface area (Å²) in [5, 5.41) is 0. The SMILES string of the molecule is CCS(=O)(=O)NC1CCCCC1COc1ccc(C(F)(F)F)cc1. The Morgan fingerprint density at radius 3 is 2.38 bits per heavy atom. The molecule has 0 radical (unpaired) electrons. The Balaban J connectivity index is 1.96. The largest absolute Gasteiger partial charge is 0.493 e. The third-order valence-corrected chi connectivity index (χ3v) is 5.69. The number of benzene rings is 1. The molecule has 2 unspecified atom stereocenters. The number of nitrogens with one attached hydrogen (secondary N) is 1. The summed E-state index contributed by atoms with van der Waals surface area (Å²) in [4.78, 5) is 0. The average molecular weight is 365 g/mol. The second-order valence-corrected chi connectivity index (χ2v) is 8.05. The van der Waals surface area contributed by atoms with Crippen LogP contribution < -0.4 is 9.46 Å². The van der Waals surface area contributed by atoms with Gasteiger partial charge in [-0.1, -0.05) is 12.8 Å². The van der Waals surface area contributed by atoms with Crippen LogP contribution >= 0.6 is 0 Å². The van der Waals surface area contributed by atoms with E-state index < -0.39 is 21.8 Å². The maximum absolute atomic E-state index is 12.5. The third kappa shape index (κ3) is 5.37. The second-order valence-electron chi connectivity index (χ2n) is 6.01. The molecule has 0 aliphatic heterocycles. The van der Waals surface area contributed by atoms with Crippen molar-refractivity contribution in [3.05, 3.63) is 29.8 Å². The van der Waals surface area contributed by atoms with E-state index in [4.69, 9.17) is 4.74 Å². The molecule has 1 fully saturated rings. The van der Waals surface area contributed by atoms with E-state index in [0.717, 1.165) is 37.8 Å². The predicted octanol–water partition coefficient (Wildman–Crippen LogP) is 3.58. The lowest BCUT2D eigenvalue weighted by atomic mass is 9.86. The highest BCUT2D eigenvalue weighted by Gasteiger charge is 2.31. The van der Waals surface area contributed by atoms with Crippen molar-refractivity contribution in [2.75, 3.05) is 12.4 Å². The van der Waals surface area contributed by atoms with E-state index in [-0.39, 0.29) is 24.3 Å². The van der Waals surface area contributed by atoms with Gasteiger partial charge in [-0.2, -0.15) is 13.2 Å². The molecule has 1 aliphatic rings. The van der Waals surface area contributed by atoms with Gasteiger partial charge in [0, 0.05) is 12.0 Å². The first-order chi connectivity index (χ1) is 11.2. The van der Waals surface area contributed by atoms with Crippen LogP contribution in [0.1, 0.15) is 38.2 Å². The van der Waals surface area contributed by atoms with Gasteiger partial charge in [-0.3, -0.25) is 0 Å². The van der Waals surface area contributed by atoms with Gasteiger partial charge in [-0.25, -0.2) is 13.1 Å². The molecule has 0 amide bonds. The molecule has 24 heavy (non-hydrogen) atoms. The van der Waals surface area contributed by atoms with Gasteiger partial charge in [0.25, 0.3) is 0 Å². The first-order valence-electron chi connectivity index (χ1n) is 8.01. The Bertz CT molecular complexity index is 629. The van der Waals surface area contributed by atoms with Crippen LogP contribution in [0.5, 0.6) is 5.75 Å². The maximum atomic E-state index is 12.5. The van der Waals surface area contributed by atoms with Crippen LogP contribution in [0.25, 0.3) is 0 Å². The minimum absolute atomic E-state index is 0.0161. The number of ether oxygens (including phenoxy) is 1. The van der Waals surface area contributed by atoms with Crippen molar-refractivity contribution >= 4 is 10.0 Å². The fraction of sp³-hybridized carbons (Fsp3) is 0.625. The van der Waals surface area contributed by atoms with Gasteiger partial charge in [-0.05, 0) is 44.0 Å². The maximum Gasteiger partial charge on any atom is 0.416 e. The molecule has 1 aromatic carbocycles. The van der Waals surface area contributed by atoms with Gasteiger partial charge in [0.15, 0.2) is 0 Å². The summed E-state index contributed by atoms with van der Waals surface area (Å²) in [6.07, 6.45) is -0.845. The van der Waals surface area contributed by atoms with Crippen molar-refractivity contribution in [1.29, 1.82) is 0 Å². The monoisotopic (exact) mass is 365 g/mol. The zero-order valence-corrected chi connectivity index (χ0v) is 14.3. The molecule has 1 N–H and O–H groups in total. The number of rotatable bonds is 6. The summed E-state index contributed by atoms with van der Waals surface area (Å²) in [7, 11) is -3.29. The summed E-state index contributed by atoms with van der Waals surface area (Å²) in [5.74, 6) is 0.392. The highest BCUT2D eigenvalue weighted by Crippen LogP contribution is 2.31.